The molecule has 0 radical (unpaired) electrons. The van der Waals surface area contributed by atoms with Crippen molar-refractivity contribution in [2.24, 2.45) is 0 Å². The largest absolute Gasteiger partial charge is 0.352 e. The molecule has 3 heterocycles. The minimum absolute atomic E-state index is 0.00220. The van der Waals surface area contributed by atoms with Gasteiger partial charge in [-0.05, 0) is 19.9 Å². The zero-order valence-corrected chi connectivity index (χ0v) is 16.9. The summed E-state index contributed by atoms with van der Waals surface area (Å²) in [5.74, 6) is -2.79. The van der Waals surface area contributed by atoms with Gasteiger partial charge in [0.15, 0.2) is 5.72 Å². The zero-order chi connectivity index (χ0) is 21.8. The van der Waals surface area contributed by atoms with Crippen LogP contribution in [0.5, 0.6) is 0 Å². The second-order valence-corrected chi connectivity index (χ2v) is 7.97. The van der Waals surface area contributed by atoms with Crippen molar-refractivity contribution in [3.8, 4) is 0 Å². The number of hydrogen-bond donors (Lipinski definition) is 1. The predicted octanol–water partition coefficient (Wildman–Crippen LogP) is 2.30. The molecular weight excluding hydrogens is 420 g/mol. The quantitative estimate of drug-likeness (QED) is 0.799. The predicted molar refractivity (Wildman–Crippen MR) is 103 cm³/mol. The summed E-state index contributed by atoms with van der Waals surface area (Å²) in [5.41, 5.74) is -1.96. The van der Waals surface area contributed by atoms with Crippen LogP contribution in [-0.4, -0.2) is 39.7 Å². The number of hydrogen-bond acceptors (Lipinski definition) is 4. The first kappa shape index (κ1) is 20.5. The van der Waals surface area contributed by atoms with Gasteiger partial charge in [-0.2, -0.15) is 0 Å². The first-order chi connectivity index (χ1) is 14.1. The van der Waals surface area contributed by atoms with E-state index in [4.69, 9.17) is 16.3 Å². The summed E-state index contributed by atoms with van der Waals surface area (Å²) in [7, 11) is 0. The Kier molecular flexibility index (Phi) is 4.90. The van der Waals surface area contributed by atoms with E-state index >= 15 is 0 Å². The molecule has 2 aliphatic rings. The van der Waals surface area contributed by atoms with Gasteiger partial charge in [-0.15, -0.1) is 0 Å². The van der Waals surface area contributed by atoms with Crippen molar-refractivity contribution >= 4 is 23.4 Å². The summed E-state index contributed by atoms with van der Waals surface area (Å²) in [6, 6.07) is 2.78. The Morgan fingerprint density at radius 2 is 2.10 bits per heavy atom. The van der Waals surface area contributed by atoms with E-state index in [-0.39, 0.29) is 41.0 Å². The number of aromatic nitrogens is 1. The van der Waals surface area contributed by atoms with Crippen molar-refractivity contribution in [3.63, 3.8) is 0 Å². The molecule has 1 saturated heterocycles. The first-order valence-corrected chi connectivity index (χ1v) is 9.63. The molecule has 2 atom stereocenters. The molecule has 2 aromatic rings. The van der Waals surface area contributed by atoms with E-state index in [1.807, 2.05) is 6.92 Å². The third-order valence-electron chi connectivity index (χ3n) is 5.39. The number of carbonyl (C=O) groups is 2. The third kappa shape index (κ3) is 3.18. The number of fused-ring (bicyclic) bond motifs is 2. The van der Waals surface area contributed by atoms with E-state index in [2.05, 4.69) is 5.32 Å². The minimum atomic E-state index is -0.924. The maximum absolute atomic E-state index is 13.8. The van der Waals surface area contributed by atoms with Gasteiger partial charge in [0, 0.05) is 24.4 Å². The summed E-state index contributed by atoms with van der Waals surface area (Å²) in [6.45, 7) is 3.86. The molecule has 0 bridgehead atoms. The van der Waals surface area contributed by atoms with Gasteiger partial charge in [-0.1, -0.05) is 17.7 Å². The van der Waals surface area contributed by atoms with Crippen LogP contribution in [0.25, 0.3) is 0 Å². The Morgan fingerprint density at radius 1 is 1.37 bits per heavy atom. The van der Waals surface area contributed by atoms with Crippen LogP contribution in [0.2, 0.25) is 5.02 Å². The lowest BCUT2D eigenvalue weighted by Crippen LogP contribution is -2.56. The molecule has 1 N–H and O–H groups in total. The number of rotatable bonds is 3. The monoisotopic (exact) mass is 437 g/mol. The number of pyridine rings is 1. The topological polar surface area (TPSA) is 80.6 Å². The molecule has 158 valence electrons. The lowest BCUT2D eigenvalue weighted by Gasteiger charge is -2.41. The summed E-state index contributed by atoms with van der Waals surface area (Å²) < 4.78 is 34.0. The van der Waals surface area contributed by atoms with Gasteiger partial charge >= 0.3 is 0 Å². The SMILES string of the molecule is C[C@H]1CO[C@]2(C)Cn3cc(C(=O)NCc4ccc(F)cc4F)c(=O)c(Cl)c3C(=O)N12. The van der Waals surface area contributed by atoms with Gasteiger partial charge in [0.05, 0.1) is 19.2 Å². The second kappa shape index (κ2) is 7.17. The molecule has 0 spiro atoms. The van der Waals surface area contributed by atoms with Crippen molar-refractivity contribution in [2.45, 2.75) is 38.7 Å². The highest BCUT2D eigenvalue weighted by molar-refractivity contribution is 6.33. The number of benzene rings is 1. The Labute approximate surface area is 175 Å². The van der Waals surface area contributed by atoms with E-state index in [9.17, 15) is 23.2 Å². The number of nitrogens with one attached hydrogen (secondary N) is 1. The Bertz CT molecular complexity index is 1140. The van der Waals surface area contributed by atoms with Crippen molar-refractivity contribution < 1.29 is 23.1 Å². The van der Waals surface area contributed by atoms with Crippen LogP contribution in [0.1, 0.15) is 40.3 Å². The molecule has 2 amide bonds. The van der Waals surface area contributed by atoms with Crippen molar-refractivity contribution in [3.05, 3.63) is 68.1 Å². The molecule has 0 saturated carbocycles. The van der Waals surface area contributed by atoms with E-state index in [0.717, 1.165) is 6.07 Å². The highest BCUT2D eigenvalue weighted by atomic mass is 35.5. The van der Waals surface area contributed by atoms with E-state index < -0.39 is 34.6 Å². The van der Waals surface area contributed by atoms with E-state index in [1.165, 1.54) is 16.8 Å². The van der Waals surface area contributed by atoms with Crippen molar-refractivity contribution in [2.75, 3.05) is 6.61 Å². The smallest absolute Gasteiger partial charge is 0.274 e. The van der Waals surface area contributed by atoms with E-state index in [0.29, 0.717) is 12.7 Å². The van der Waals surface area contributed by atoms with Crippen LogP contribution in [0.3, 0.4) is 0 Å². The van der Waals surface area contributed by atoms with Gasteiger partial charge in [-0.25, -0.2) is 8.78 Å². The number of amides is 2. The van der Waals surface area contributed by atoms with Gasteiger partial charge in [0.25, 0.3) is 11.8 Å². The summed E-state index contributed by atoms with van der Waals surface area (Å²) in [6.07, 6.45) is 1.26. The van der Waals surface area contributed by atoms with Crippen LogP contribution in [0, 0.1) is 11.6 Å². The Balaban J connectivity index is 1.65. The average Bonchev–Trinajstić information content (AvgIpc) is 2.98. The number of carbonyl (C=O) groups excluding carboxylic acids is 2. The fourth-order valence-corrected chi connectivity index (χ4v) is 4.24. The molecule has 2 aliphatic heterocycles. The molecule has 30 heavy (non-hydrogen) atoms. The maximum Gasteiger partial charge on any atom is 0.274 e. The summed E-state index contributed by atoms with van der Waals surface area (Å²) in [5, 5.41) is 2.07. The Hall–Kier alpha value is -2.78. The summed E-state index contributed by atoms with van der Waals surface area (Å²) in [4.78, 5) is 39.8. The number of halogens is 3. The molecule has 4 rings (SSSR count). The Morgan fingerprint density at radius 3 is 2.80 bits per heavy atom. The van der Waals surface area contributed by atoms with Gasteiger partial charge in [0.2, 0.25) is 5.43 Å². The van der Waals surface area contributed by atoms with Crippen LogP contribution < -0.4 is 10.7 Å². The van der Waals surface area contributed by atoms with Crippen LogP contribution in [-0.2, 0) is 17.8 Å². The van der Waals surface area contributed by atoms with Crippen LogP contribution >= 0.6 is 11.6 Å². The molecule has 1 fully saturated rings. The fourth-order valence-electron chi connectivity index (χ4n) is 3.95. The highest BCUT2D eigenvalue weighted by Crippen LogP contribution is 2.36. The molecule has 10 heteroatoms. The van der Waals surface area contributed by atoms with Crippen LogP contribution in [0.15, 0.2) is 29.2 Å². The minimum Gasteiger partial charge on any atom is -0.352 e. The van der Waals surface area contributed by atoms with Crippen LogP contribution in [0.4, 0.5) is 8.78 Å². The fraction of sp³-hybridized carbons (Fsp3) is 0.350. The maximum atomic E-state index is 13.8. The second-order valence-electron chi connectivity index (χ2n) is 7.59. The van der Waals surface area contributed by atoms with Gasteiger partial charge < -0.3 is 19.5 Å². The average molecular weight is 438 g/mol. The molecule has 0 aliphatic carbocycles. The molecular formula is C20H18ClF2N3O4. The van der Waals surface area contributed by atoms with E-state index in [1.54, 1.807) is 11.8 Å². The number of ether oxygens (including phenoxy) is 1. The van der Waals surface area contributed by atoms with Crippen molar-refractivity contribution in [1.29, 1.82) is 0 Å². The lowest BCUT2D eigenvalue weighted by molar-refractivity contribution is -0.0749. The third-order valence-corrected chi connectivity index (χ3v) is 5.74. The normalized spacial score (nSPS) is 22.6. The van der Waals surface area contributed by atoms with Gasteiger partial charge in [0.1, 0.15) is 27.9 Å². The zero-order valence-electron chi connectivity index (χ0n) is 16.2. The highest BCUT2D eigenvalue weighted by Gasteiger charge is 2.50. The lowest BCUT2D eigenvalue weighted by atomic mass is 10.1. The molecule has 1 aromatic carbocycles. The molecule has 0 unspecified atom stereocenters. The molecule has 7 nitrogen and oxygen atoms in total. The van der Waals surface area contributed by atoms with Gasteiger partial charge in [-0.3, -0.25) is 14.4 Å². The standard InChI is InChI=1S/C20H18ClF2N3O4/c1-10-8-30-20(2)9-25-7-13(17(27)15(21)16(25)19(29)26(10)20)18(28)24-6-11-3-4-12(22)5-14(11)23/h3-5,7,10H,6,8-9H2,1-2H3,(H,24,28)/t10-,20+/m0/s1. The first-order valence-electron chi connectivity index (χ1n) is 9.25. The summed E-state index contributed by atoms with van der Waals surface area (Å²) >= 11 is 6.20. The molecule has 1 aromatic heterocycles. The number of nitrogens with zero attached hydrogens (tertiary/aromatic N) is 2. The van der Waals surface area contributed by atoms with Crippen molar-refractivity contribution in [1.82, 2.24) is 14.8 Å².